The third-order valence-electron chi connectivity index (χ3n) is 4.51. The van der Waals surface area contributed by atoms with E-state index in [1.165, 1.54) is 12.8 Å². The van der Waals surface area contributed by atoms with Crippen LogP contribution in [0.2, 0.25) is 0 Å². The number of hydrogen-bond acceptors (Lipinski definition) is 5. The Bertz CT molecular complexity index is 777. The predicted molar refractivity (Wildman–Crippen MR) is 115 cm³/mol. The van der Waals surface area contributed by atoms with Crippen LogP contribution >= 0.6 is 24.0 Å². The molecule has 1 aromatic heterocycles. The summed E-state index contributed by atoms with van der Waals surface area (Å²) >= 11 is 0. The van der Waals surface area contributed by atoms with E-state index in [2.05, 4.69) is 30.4 Å². The van der Waals surface area contributed by atoms with Crippen molar-refractivity contribution in [2.24, 2.45) is 4.99 Å². The van der Waals surface area contributed by atoms with Gasteiger partial charge in [0.1, 0.15) is 17.3 Å². The summed E-state index contributed by atoms with van der Waals surface area (Å²) in [6, 6.07) is 5.76. The second-order valence-corrected chi connectivity index (χ2v) is 6.10. The molecule has 2 heterocycles. The van der Waals surface area contributed by atoms with Gasteiger partial charge in [0.15, 0.2) is 11.8 Å². The summed E-state index contributed by atoms with van der Waals surface area (Å²) in [5.41, 5.74) is 1.02. The maximum absolute atomic E-state index is 5.43. The third kappa shape index (κ3) is 5.24. The molecule has 0 atom stereocenters. The number of ether oxygens (including phenoxy) is 2. The highest BCUT2D eigenvalue weighted by atomic mass is 127. The van der Waals surface area contributed by atoms with Crippen LogP contribution in [-0.4, -0.2) is 42.0 Å². The average Bonchev–Trinajstić information content (AvgIpc) is 3.11. The van der Waals surface area contributed by atoms with E-state index in [9.17, 15) is 0 Å². The Balaban J connectivity index is 0.00000261. The lowest BCUT2D eigenvalue weighted by molar-refractivity contribution is 0.390. The minimum absolute atomic E-state index is 0. The largest absolute Gasteiger partial charge is 0.497 e. The zero-order chi connectivity index (χ0) is 18.4. The van der Waals surface area contributed by atoms with Gasteiger partial charge in [-0.2, -0.15) is 0 Å². The monoisotopic (exact) mass is 486 g/mol. The number of methoxy groups -OCH3 is 2. The van der Waals surface area contributed by atoms with E-state index in [4.69, 9.17) is 9.47 Å². The van der Waals surface area contributed by atoms with Gasteiger partial charge >= 0.3 is 0 Å². The van der Waals surface area contributed by atoms with Gasteiger partial charge in [0.2, 0.25) is 0 Å². The average molecular weight is 486 g/mol. The summed E-state index contributed by atoms with van der Waals surface area (Å²) in [5.74, 6) is 4.28. The first-order valence-corrected chi connectivity index (χ1v) is 8.81. The first-order chi connectivity index (χ1) is 12.7. The van der Waals surface area contributed by atoms with Crippen molar-refractivity contribution in [2.75, 3.05) is 21.3 Å². The highest BCUT2D eigenvalue weighted by Gasteiger charge is 2.15. The van der Waals surface area contributed by atoms with Gasteiger partial charge in [-0.3, -0.25) is 4.99 Å². The van der Waals surface area contributed by atoms with Crippen molar-refractivity contribution < 1.29 is 9.47 Å². The minimum atomic E-state index is 0. The van der Waals surface area contributed by atoms with E-state index in [0.717, 1.165) is 41.7 Å². The molecule has 0 aliphatic carbocycles. The van der Waals surface area contributed by atoms with Crippen molar-refractivity contribution >= 4 is 29.9 Å². The quantitative estimate of drug-likeness (QED) is 0.370. The SMILES string of the molecule is CN=C(NCc1ccc(OC)cc1OC)NCc1nnc2n1CCCC2.I. The van der Waals surface area contributed by atoms with E-state index in [1.807, 2.05) is 18.2 Å². The molecule has 8 nitrogen and oxygen atoms in total. The van der Waals surface area contributed by atoms with Crippen LogP contribution in [0, 0.1) is 0 Å². The van der Waals surface area contributed by atoms with Crippen LogP contribution in [0.4, 0.5) is 0 Å². The third-order valence-corrected chi connectivity index (χ3v) is 4.51. The van der Waals surface area contributed by atoms with Crippen molar-refractivity contribution in [3.8, 4) is 11.5 Å². The Kier molecular flexibility index (Phi) is 8.14. The van der Waals surface area contributed by atoms with Gasteiger partial charge < -0.3 is 24.7 Å². The second-order valence-electron chi connectivity index (χ2n) is 6.10. The Morgan fingerprint density at radius 3 is 2.70 bits per heavy atom. The molecule has 0 radical (unpaired) electrons. The van der Waals surface area contributed by atoms with Gasteiger partial charge in [-0.1, -0.05) is 0 Å². The second kappa shape index (κ2) is 10.3. The zero-order valence-electron chi connectivity index (χ0n) is 16.0. The number of rotatable bonds is 6. The lowest BCUT2D eigenvalue weighted by Crippen LogP contribution is -2.37. The first kappa shape index (κ1) is 21.3. The van der Waals surface area contributed by atoms with Gasteiger partial charge in [0.05, 0.1) is 20.8 Å². The molecule has 0 unspecified atom stereocenters. The molecular formula is C18H27IN6O2. The number of nitrogens with one attached hydrogen (secondary N) is 2. The Labute approximate surface area is 176 Å². The lowest BCUT2D eigenvalue weighted by Gasteiger charge is -2.16. The predicted octanol–water partition coefficient (Wildman–Crippen LogP) is 2.11. The van der Waals surface area contributed by atoms with E-state index in [1.54, 1.807) is 21.3 Å². The summed E-state index contributed by atoms with van der Waals surface area (Å²) in [6.45, 7) is 2.17. The number of fused-ring (bicyclic) bond motifs is 1. The molecule has 0 saturated carbocycles. The molecule has 0 saturated heterocycles. The van der Waals surface area contributed by atoms with E-state index in [-0.39, 0.29) is 24.0 Å². The van der Waals surface area contributed by atoms with Crippen molar-refractivity contribution in [3.05, 3.63) is 35.4 Å². The van der Waals surface area contributed by atoms with E-state index >= 15 is 0 Å². The van der Waals surface area contributed by atoms with Crippen molar-refractivity contribution in [1.82, 2.24) is 25.4 Å². The maximum Gasteiger partial charge on any atom is 0.191 e. The minimum Gasteiger partial charge on any atom is -0.497 e. The number of hydrogen-bond donors (Lipinski definition) is 2. The molecule has 1 aromatic carbocycles. The number of halogens is 1. The molecule has 148 valence electrons. The molecule has 2 aromatic rings. The van der Waals surface area contributed by atoms with Crippen molar-refractivity contribution in [1.29, 1.82) is 0 Å². The molecule has 9 heteroatoms. The van der Waals surface area contributed by atoms with Gasteiger partial charge in [-0.05, 0) is 25.0 Å². The lowest BCUT2D eigenvalue weighted by atomic mass is 10.2. The smallest absolute Gasteiger partial charge is 0.191 e. The first-order valence-electron chi connectivity index (χ1n) is 8.81. The highest BCUT2D eigenvalue weighted by molar-refractivity contribution is 14.0. The molecule has 0 fully saturated rings. The summed E-state index contributed by atoms with van der Waals surface area (Å²) in [5, 5.41) is 15.2. The van der Waals surface area contributed by atoms with E-state index < -0.39 is 0 Å². The van der Waals surface area contributed by atoms with Crippen LogP contribution in [0.15, 0.2) is 23.2 Å². The molecule has 3 rings (SSSR count). The van der Waals surface area contributed by atoms with Crippen LogP contribution in [0.5, 0.6) is 11.5 Å². The summed E-state index contributed by atoms with van der Waals surface area (Å²) < 4.78 is 12.9. The molecule has 2 N–H and O–H groups in total. The van der Waals surface area contributed by atoms with Crippen LogP contribution in [0.3, 0.4) is 0 Å². The number of nitrogens with zero attached hydrogens (tertiary/aromatic N) is 4. The van der Waals surface area contributed by atoms with Gasteiger partial charge in [-0.25, -0.2) is 0 Å². The highest BCUT2D eigenvalue weighted by Crippen LogP contribution is 2.24. The van der Waals surface area contributed by atoms with Gasteiger partial charge in [0, 0.05) is 38.2 Å². The van der Waals surface area contributed by atoms with Gasteiger partial charge in [0.25, 0.3) is 0 Å². The molecular weight excluding hydrogens is 459 g/mol. The van der Waals surface area contributed by atoms with Crippen LogP contribution < -0.4 is 20.1 Å². The molecule has 0 bridgehead atoms. The zero-order valence-corrected chi connectivity index (χ0v) is 18.3. The topological polar surface area (TPSA) is 85.6 Å². The Morgan fingerprint density at radius 2 is 1.96 bits per heavy atom. The normalized spacial score (nSPS) is 13.4. The summed E-state index contributed by atoms with van der Waals surface area (Å²) in [4.78, 5) is 4.28. The fourth-order valence-corrected chi connectivity index (χ4v) is 3.06. The van der Waals surface area contributed by atoms with Crippen LogP contribution in [0.1, 0.15) is 30.1 Å². The number of aryl methyl sites for hydroxylation is 1. The van der Waals surface area contributed by atoms with Crippen LogP contribution in [0.25, 0.3) is 0 Å². The molecule has 1 aliphatic heterocycles. The maximum atomic E-state index is 5.43. The summed E-state index contributed by atoms with van der Waals surface area (Å²) in [7, 11) is 5.04. The fourth-order valence-electron chi connectivity index (χ4n) is 3.06. The number of aromatic nitrogens is 3. The molecule has 0 amide bonds. The van der Waals surface area contributed by atoms with Crippen molar-refractivity contribution in [3.63, 3.8) is 0 Å². The fraction of sp³-hybridized carbons (Fsp3) is 0.500. The standard InChI is InChI=1S/C18H26N6O2.HI/c1-19-18(20-11-13-7-8-14(25-2)10-15(13)26-3)21-12-17-23-22-16-6-4-5-9-24(16)17;/h7-8,10H,4-6,9,11-12H2,1-3H3,(H2,19,20,21);1H. The van der Waals surface area contributed by atoms with Crippen molar-refractivity contribution in [2.45, 2.75) is 38.9 Å². The number of benzene rings is 1. The van der Waals surface area contributed by atoms with Gasteiger partial charge in [-0.15, -0.1) is 34.2 Å². The summed E-state index contributed by atoms with van der Waals surface area (Å²) in [6.07, 6.45) is 3.39. The Hall–Kier alpha value is -2.04. The molecule has 1 aliphatic rings. The number of guanidine groups is 1. The molecule has 0 spiro atoms. The Morgan fingerprint density at radius 1 is 1.15 bits per heavy atom. The molecule has 27 heavy (non-hydrogen) atoms. The van der Waals surface area contributed by atoms with E-state index in [0.29, 0.717) is 19.0 Å². The van der Waals surface area contributed by atoms with Crippen LogP contribution in [-0.2, 0) is 26.1 Å². The number of aliphatic imine (C=N–C) groups is 1.